The summed E-state index contributed by atoms with van der Waals surface area (Å²) in [5, 5.41) is 18.8. The van der Waals surface area contributed by atoms with Gasteiger partial charge in [-0.3, -0.25) is 0 Å². The smallest absolute Gasteiger partial charge is 0.181 e. The van der Waals surface area contributed by atoms with Crippen molar-refractivity contribution in [1.82, 2.24) is 9.88 Å². The lowest BCUT2D eigenvalue weighted by atomic mass is 10.0. The van der Waals surface area contributed by atoms with Crippen LogP contribution in [0.5, 0.6) is 0 Å². The average Bonchev–Trinajstić information content (AvgIpc) is 3.57. The Kier molecular flexibility index (Phi) is 9.73. The second-order valence-electron chi connectivity index (χ2n) is 8.50. The van der Waals surface area contributed by atoms with E-state index in [0.717, 1.165) is 59.7 Å². The van der Waals surface area contributed by atoms with E-state index in [0.29, 0.717) is 11.8 Å². The Hall–Kier alpha value is -2.63. The number of likely N-dealkylation sites (tertiary alicyclic amines) is 1. The quantitative estimate of drug-likeness (QED) is 0.230. The zero-order valence-corrected chi connectivity index (χ0v) is 21.8. The SMILES string of the molecule is C/C(=N\N=C(/C)c1ocnc1C)SCCCN1C[C@@H]2CCN(c3cccc(C#N)c3)[C@@H]2C1.CC. The van der Waals surface area contributed by atoms with Gasteiger partial charge in [-0.2, -0.15) is 10.4 Å². The van der Waals surface area contributed by atoms with Crippen LogP contribution in [0.4, 0.5) is 5.69 Å². The van der Waals surface area contributed by atoms with Crippen LogP contribution in [0.2, 0.25) is 0 Å². The van der Waals surface area contributed by atoms with E-state index >= 15 is 0 Å². The van der Waals surface area contributed by atoms with Gasteiger partial charge < -0.3 is 14.2 Å². The van der Waals surface area contributed by atoms with E-state index in [2.05, 4.69) is 37.1 Å². The Labute approximate surface area is 207 Å². The molecule has 2 atom stereocenters. The molecule has 0 radical (unpaired) electrons. The van der Waals surface area contributed by atoms with Crippen LogP contribution in [0.1, 0.15) is 57.6 Å². The molecule has 0 unspecified atom stereocenters. The van der Waals surface area contributed by atoms with E-state index in [4.69, 9.17) is 4.42 Å². The topological polar surface area (TPSA) is 81.0 Å². The molecule has 3 heterocycles. The number of hydrogen-bond donors (Lipinski definition) is 0. The van der Waals surface area contributed by atoms with E-state index < -0.39 is 0 Å². The maximum absolute atomic E-state index is 9.21. The Morgan fingerprint density at radius 3 is 2.82 bits per heavy atom. The molecule has 4 rings (SSSR count). The molecule has 0 bridgehead atoms. The van der Waals surface area contributed by atoms with Crippen LogP contribution < -0.4 is 4.90 Å². The monoisotopic (exact) mass is 480 g/mol. The van der Waals surface area contributed by atoms with Crippen LogP contribution in [0.3, 0.4) is 0 Å². The highest BCUT2D eigenvalue weighted by Crippen LogP contribution is 2.35. The number of anilines is 1. The third-order valence-corrected chi connectivity index (χ3v) is 7.27. The summed E-state index contributed by atoms with van der Waals surface area (Å²) in [6, 6.07) is 10.9. The van der Waals surface area contributed by atoms with Gasteiger partial charge in [0.2, 0.25) is 0 Å². The maximum Gasteiger partial charge on any atom is 0.181 e. The number of aryl methyl sites for hydroxylation is 1. The van der Waals surface area contributed by atoms with Crippen molar-refractivity contribution in [3.8, 4) is 6.07 Å². The largest absolute Gasteiger partial charge is 0.442 e. The number of aromatic nitrogens is 1. The highest BCUT2D eigenvalue weighted by Gasteiger charge is 2.41. The molecule has 0 aliphatic carbocycles. The summed E-state index contributed by atoms with van der Waals surface area (Å²) in [7, 11) is 0. The molecule has 2 fully saturated rings. The molecular formula is C26H36N6OS. The number of oxazole rings is 1. The van der Waals surface area contributed by atoms with Crippen LogP contribution in [-0.4, -0.2) is 58.6 Å². The second-order valence-corrected chi connectivity index (χ2v) is 9.79. The Bertz CT molecular complexity index is 1040. The number of rotatable bonds is 7. The Morgan fingerprint density at radius 1 is 1.26 bits per heavy atom. The molecule has 2 aliphatic rings. The highest BCUT2D eigenvalue weighted by molar-refractivity contribution is 8.13. The molecule has 0 spiro atoms. The minimum Gasteiger partial charge on any atom is -0.442 e. The molecule has 2 aromatic rings. The van der Waals surface area contributed by atoms with Crippen molar-refractivity contribution in [3.63, 3.8) is 0 Å². The van der Waals surface area contributed by atoms with Gasteiger partial charge in [0, 0.05) is 37.1 Å². The van der Waals surface area contributed by atoms with Crippen LogP contribution >= 0.6 is 11.8 Å². The minimum atomic E-state index is 0.566. The second kappa shape index (κ2) is 12.7. The molecule has 8 heteroatoms. The number of nitrogens with zero attached hydrogens (tertiary/aromatic N) is 6. The van der Waals surface area contributed by atoms with Crippen molar-refractivity contribution in [2.24, 2.45) is 16.1 Å². The summed E-state index contributed by atoms with van der Waals surface area (Å²) < 4.78 is 5.35. The average molecular weight is 481 g/mol. The summed E-state index contributed by atoms with van der Waals surface area (Å²) in [5.41, 5.74) is 3.51. The zero-order chi connectivity index (χ0) is 24.5. The summed E-state index contributed by atoms with van der Waals surface area (Å²) in [6.07, 6.45) is 3.80. The predicted octanol–water partition coefficient (Wildman–Crippen LogP) is 5.36. The van der Waals surface area contributed by atoms with Crippen molar-refractivity contribution in [2.45, 2.75) is 53.5 Å². The van der Waals surface area contributed by atoms with E-state index in [1.165, 1.54) is 25.0 Å². The summed E-state index contributed by atoms with van der Waals surface area (Å²) in [5.74, 6) is 2.46. The normalized spacial score (nSPS) is 20.6. The van der Waals surface area contributed by atoms with Gasteiger partial charge in [0.1, 0.15) is 5.71 Å². The third kappa shape index (κ3) is 6.49. The van der Waals surface area contributed by atoms with Crippen molar-refractivity contribution < 1.29 is 4.42 Å². The first-order valence-electron chi connectivity index (χ1n) is 12.2. The van der Waals surface area contributed by atoms with Crippen LogP contribution in [0.15, 0.2) is 45.3 Å². The fourth-order valence-electron chi connectivity index (χ4n) is 4.68. The molecule has 0 amide bonds. The first kappa shape index (κ1) is 26.0. The first-order valence-corrected chi connectivity index (χ1v) is 13.1. The van der Waals surface area contributed by atoms with Crippen LogP contribution in [0, 0.1) is 24.2 Å². The minimum absolute atomic E-state index is 0.566. The highest BCUT2D eigenvalue weighted by atomic mass is 32.2. The zero-order valence-electron chi connectivity index (χ0n) is 21.0. The van der Waals surface area contributed by atoms with Gasteiger partial charge in [-0.15, -0.1) is 16.9 Å². The standard InChI is InChI=1S/C24H30N6OS.C2H6/c1-17-24(31-16-26-17)18(2)27-28-19(3)32-11-5-9-29-14-21-8-10-30(23(21)15-29)22-7-4-6-20(12-22)13-25;1-2/h4,6-7,12,16,21,23H,5,8-11,14-15H2,1-3H3;1-2H3/b27-18+,28-19+;/t21-,23+;/m0./s1. The van der Waals surface area contributed by atoms with Crippen LogP contribution in [0.25, 0.3) is 0 Å². The molecule has 7 nitrogen and oxygen atoms in total. The van der Waals surface area contributed by atoms with Crippen molar-refractivity contribution in [2.75, 3.05) is 36.8 Å². The van der Waals surface area contributed by atoms with Crippen LogP contribution in [-0.2, 0) is 0 Å². The number of nitriles is 1. The van der Waals surface area contributed by atoms with Gasteiger partial charge in [-0.05, 0) is 64.3 Å². The fourth-order valence-corrected chi connectivity index (χ4v) is 5.35. The molecular weight excluding hydrogens is 444 g/mol. The molecule has 34 heavy (non-hydrogen) atoms. The summed E-state index contributed by atoms with van der Waals surface area (Å²) in [4.78, 5) is 9.19. The van der Waals surface area contributed by atoms with Gasteiger partial charge in [0.25, 0.3) is 0 Å². The van der Waals surface area contributed by atoms with E-state index in [9.17, 15) is 5.26 Å². The molecule has 0 N–H and O–H groups in total. The fraction of sp³-hybridized carbons (Fsp3) is 0.538. The summed E-state index contributed by atoms with van der Waals surface area (Å²) in [6.45, 7) is 14.3. The van der Waals surface area contributed by atoms with Gasteiger partial charge in [-0.1, -0.05) is 19.9 Å². The van der Waals surface area contributed by atoms with Gasteiger partial charge >= 0.3 is 0 Å². The molecule has 2 saturated heterocycles. The van der Waals surface area contributed by atoms with Gasteiger partial charge in [-0.25, -0.2) is 4.98 Å². The third-order valence-electron chi connectivity index (χ3n) is 6.27. The van der Waals surface area contributed by atoms with Crippen molar-refractivity contribution in [3.05, 3.63) is 47.7 Å². The number of fused-ring (bicyclic) bond motifs is 1. The van der Waals surface area contributed by atoms with E-state index in [1.54, 1.807) is 11.8 Å². The lowest BCUT2D eigenvalue weighted by molar-refractivity contribution is 0.319. The van der Waals surface area contributed by atoms with E-state index in [-0.39, 0.29) is 0 Å². The number of benzene rings is 1. The molecule has 1 aromatic carbocycles. The Morgan fingerprint density at radius 2 is 2.09 bits per heavy atom. The lowest BCUT2D eigenvalue weighted by Crippen LogP contribution is -2.35. The molecule has 0 saturated carbocycles. The van der Waals surface area contributed by atoms with Gasteiger partial charge in [0.05, 0.1) is 22.4 Å². The molecule has 2 aliphatic heterocycles. The summed E-state index contributed by atoms with van der Waals surface area (Å²) >= 11 is 1.76. The maximum atomic E-state index is 9.21. The number of hydrogen-bond acceptors (Lipinski definition) is 8. The Balaban J connectivity index is 0.00000158. The van der Waals surface area contributed by atoms with Crippen molar-refractivity contribution in [1.29, 1.82) is 5.26 Å². The predicted molar refractivity (Wildman–Crippen MR) is 142 cm³/mol. The number of thioether (sulfide) groups is 1. The molecule has 1 aromatic heterocycles. The lowest BCUT2D eigenvalue weighted by Gasteiger charge is -2.27. The van der Waals surface area contributed by atoms with E-state index in [1.807, 2.05) is 52.8 Å². The van der Waals surface area contributed by atoms with Gasteiger partial charge in [0.15, 0.2) is 12.2 Å². The first-order chi connectivity index (χ1) is 16.5. The molecule has 182 valence electrons. The van der Waals surface area contributed by atoms with Crippen molar-refractivity contribution >= 4 is 28.2 Å².